The number of halogens is 2. The van der Waals surface area contributed by atoms with Gasteiger partial charge in [0.05, 0.1) is 23.2 Å². The molecule has 1 aromatic carbocycles. The van der Waals surface area contributed by atoms with Gasteiger partial charge in [-0.15, -0.1) is 0 Å². The highest BCUT2D eigenvalue weighted by Crippen LogP contribution is 2.25. The van der Waals surface area contributed by atoms with Gasteiger partial charge in [0, 0.05) is 18.1 Å². The molecule has 0 atom stereocenters. The average molecular weight is 328 g/mol. The van der Waals surface area contributed by atoms with Crippen LogP contribution < -0.4 is 5.32 Å². The first-order valence-corrected chi connectivity index (χ1v) is 7.07. The number of imide groups is 1. The summed E-state index contributed by atoms with van der Waals surface area (Å²) < 4.78 is 0. The van der Waals surface area contributed by atoms with Crippen LogP contribution in [0.4, 0.5) is 4.79 Å². The molecule has 0 bridgehead atoms. The number of hydrogen-bond donors (Lipinski definition) is 1. The van der Waals surface area contributed by atoms with E-state index in [0.29, 0.717) is 23.7 Å². The number of nitrogens with one attached hydrogen (secondary N) is 1. The van der Waals surface area contributed by atoms with Gasteiger partial charge in [-0.25, -0.2) is 4.79 Å². The number of hydrogen-bond acceptors (Lipinski definition) is 3. The monoisotopic (exact) mass is 327 g/mol. The van der Waals surface area contributed by atoms with Gasteiger partial charge in [0.15, 0.2) is 0 Å². The molecular formula is C13H11Cl2N3O3. The lowest BCUT2D eigenvalue weighted by Gasteiger charge is -2.42. The zero-order chi connectivity index (χ0) is 15.1. The van der Waals surface area contributed by atoms with Crippen LogP contribution in [0.1, 0.15) is 10.4 Å². The van der Waals surface area contributed by atoms with Crippen LogP contribution in [0.3, 0.4) is 0 Å². The lowest BCUT2D eigenvalue weighted by molar-refractivity contribution is -0.128. The summed E-state index contributed by atoms with van der Waals surface area (Å²) in [5, 5.41) is 3.20. The third kappa shape index (κ3) is 2.45. The van der Waals surface area contributed by atoms with Crippen LogP contribution in [0.5, 0.6) is 0 Å². The van der Waals surface area contributed by atoms with Crippen molar-refractivity contribution < 1.29 is 14.4 Å². The Morgan fingerprint density at radius 3 is 2.52 bits per heavy atom. The van der Waals surface area contributed by atoms with E-state index < -0.39 is 6.03 Å². The van der Waals surface area contributed by atoms with Crippen molar-refractivity contribution in [1.29, 1.82) is 0 Å². The molecule has 0 saturated carbocycles. The number of urea groups is 1. The molecule has 2 heterocycles. The molecule has 2 aliphatic heterocycles. The molecule has 0 unspecified atom stereocenters. The molecule has 4 amide bonds. The number of rotatable bonds is 2. The Balaban J connectivity index is 1.67. The van der Waals surface area contributed by atoms with Crippen molar-refractivity contribution in [1.82, 2.24) is 15.1 Å². The van der Waals surface area contributed by atoms with E-state index >= 15 is 0 Å². The summed E-state index contributed by atoms with van der Waals surface area (Å²) in [6.45, 7) is 0.653. The van der Waals surface area contributed by atoms with Crippen LogP contribution >= 0.6 is 23.2 Å². The first-order valence-electron chi connectivity index (χ1n) is 6.31. The number of benzene rings is 1. The third-order valence-corrected chi connectivity index (χ3v) is 4.10. The Kier molecular flexibility index (Phi) is 3.51. The topological polar surface area (TPSA) is 69.7 Å². The zero-order valence-corrected chi connectivity index (χ0v) is 12.3. The Hall–Kier alpha value is -1.79. The van der Waals surface area contributed by atoms with Crippen LogP contribution in [0, 0.1) is 0 Å². The summed E-state index contributed by atoms with van der Waals surface area (Å²) >= 11 is 11.8. The molecule has 3 rings (SSSR count). The second-order valence-corrected chi connectivity index (χ2v) is 5.75. The Morgan fingerprint density at radius 1 is 1.24 bits per heavy atom. The number of likely N-dealkylation sites (tertiary alicyclic amines) is 1. The summed E-state index contributed by atoms with van der Waals surface area (Å²) in [6, 6.07) is 3.99. The van der Waals surface area contributed by atoms with Gasteiger partial charge >= 0.3 is 6.03 Å². The molecule has 0 aromatic heterocycles. The van der Waals surface area contributed by atoms with Gasteiger partial charge in [0.25, 0.3) is 5.91 Å². The summed E-state index contributed by atoms with van der Waals surface area (Å²) in [4.78, 5) is 38.1. The van der Waals surface area contributed by atoms with Crippen LogP contribution in [-0.2, 0) is 4.79 Å². The lowest BCUT2D eigenvalue weighted by Crippen LogP contribution is -2.62. The van der Waals surface area contributed by atoms with Gasteiger partial charge in [-0.2, -0.15) is 0 Å². The van der Waals surface area contributed by atoms with E-state index in [9.17, 15) is 14.4 Å². The van der Waals surface area contributed by atoms with Gasteiger partial charge < -0.3 is 10.2 Å². The number of carbonyl (C=O) groups excluding carboxylic acids is 3. The van der Waals surface area contributed by atoms with Gasteiger partial charge in [0.2, 0.25) is 5.91 Å². The molecule has 2 fully saturated rings. The molecular weight excluding hydrogens is 317 g/mol. The molecule has 110 valence electrons. The molecule has 6 nitrogen and oxygen atoms in total. The Morgan fingerprint density at radius 2 is 1.95 bits per heavy atom. The minimum absolute atomic E-state index is 0.0201. The van der Waals surface area contributed by atoms with E-state index in [2.05, 4.69) is 5.32 Å². The second kappa shape index (κ2) is 5.20. The zero-order valence-electron chi connectivity index (χ0n) is 10.8. The van der Waals surface area contributed by atoms with Gasteiger partial charge in [-0.1, -0.05) is 23.2 Å². The van der Waals surface area contributed by atoms with Gasteiger partial charge in [-0.3, -0.25) is 14.5 Å². The van der Waals surface area contributed by atoms with Crippen LogP contribution in [0.2, 0.25) is 10.0 Å². The minimum atomic E-state index is -0.401. The van der Waals surface area contributed by atoms with Crippen molar-refractivity contribution in [3.63, 3.8) is 0 Å². The predicted molar refractivity (Wildman–Crippen MR) is 76.4 cm³/mol. The molecule has 0 aliphatic carbocycles. The number of nitrogens with zero attached hydrogens (tertiary/aromatic N) is 2. The summed E-state index contributed by atoms with van der Waals surface area (Å²) in [6.07, 6.45) is 0. The van der Waals surface area contributed by atoms with Crippen molar-refractivity contribution in [3.05, 3.63) is 33.8 Å². The SMILES string of the molecule is O=C(c1ccc(Cl)cc1Cl)N1CC(N2C(=O)CNC2=O)C1. The van der Waals surface area contributed by atoms with Crippen LogP contribution in [-0.4, -0.2) is 53.3 Å². The first kappa shape index (κ1) is 14.2. The van der Waals surface area contributed by atoms with Crippen molar-refractivity contribution >= 4 is 41.0 Å². The molecule has 2 saturated heterocycles. The maximum absolute atomic E-state index is 12.3. The van der Waals surface area contributed by atoms with E-state index in [1.165, 1.54) is 11.0 Å². The number of amides is 4. The smallest absolute Gasteiger partial charge is 0.324 e. The number of carbonyl (C=O) groups is 3. The fourth-order valence-corrected chi connectivity index (χ4v) is 2.91. The molecule has 2 aliphatic rings. The summed E-state index contributed by atoms with van der Waals surface area (Å²) in [7, 11) is 0. The van der Waals surface area contributed by atoms with Crippen LogP contribution in [0.25, 0.3) is 0 Å². The van der Waals surface area contributed by atoms with E-state index in [-0.39, 0.29) is 29.4 Å². The highest BCUT2D eigenvalue weighted by atomic mass is 35.5. The highest BCUT2D eigenvalue weighted by Gasteiger charge is 2.43. The van der Waals surface area contributed by atoms with Crippen molar-refractivity contribution in [2.24, 2.45) is 0 Å². The van der Waals surface area contributed by atoms with Gasteiger partial charge in [-0.05, 0) is 18.2 Å². The normalized spacial score (nSPS) is 18.8. The molecule has 1 aromatic rings. The first-order chi connectivity index (χ1) is 9.97. The van der Waals surface area contributed by atoms with E-state index in [1.807, 2.05) is 0 Å². The largest absolute Gasteiger partial charge is 0.334 e. The quantitative estimate of drug-likeness (QED) is 0.834. The molecule has 0 spiro atoms. The van der Waals surface area contributed by atoms with Gasteiger partial charge in [0.1, 0.15) is 0 Å². The molecule has 8 heteroatoms. The average Bonchev–Trinajstić information content (AvgIpc) is 2.69. The molecule has 0 radical (unpaired) electrons. The van der Waals surface area contributed by atoms with Crippen molar-refractivity contribution in [2.75, 3.05) is 19.6 Å². The van der Waals surface area contributed by atoms with E-state index in [0.717, 1.165) is 0 Å². The second-order valence-electron chi connectivity index (χ2n) is 4.91. The summed E-state index contributed by atoms with van der Waals surface area (Å²) in [5.41, 5.74) is 0.358. The third-order valence-electron chi connectivity index (χ3n) is 3.55. The standard InChI is InChI=1S/C13H11Cl2N3O3/c14-7-1-2-9(10(15)3-7)12(20)17-5-8(6-17)18-11(19)4-16-13(18)21/h1-3,8H,4-6H2,(H,16,21). The maximum atomic E-state index is 12.3. The Labute approximate surface area is 130 Å². The van der Waals surface area contributed by atoms with E-state index in [4.69, 9.17) is 23.2 Å². The fourth-order valence-electron chi connectivity index (χ4n) is 2.42. The van der Waals surface area contributed by atoms with Crippen molar-refractivity contribution in [2.45, 2.75) is 6.04 Å². The predicted octanol–water partition coefficient (Wildman–Crippen LogP) is 1.37. The lowest BCUT2D eigenvalue weighted by atomic mass is 10.1. The Bertz CT molecular complexity index is 628. The molecule has 21 heavy (non-hydrogen) atoms. The highest BCUT2D eigenvalue weighted by molar-refractivity contribution is 6.36. The van der Waals surface area contributed by atoms with Crippen LogP contribution in [0.15, 0.2) is 18.2 Å². The fraction of sp³-hybridized carbons (Fsp3) is 0.308. The summed E-state index contributed by atoms with van der Waals surface area (Å²) in [5.74, 6) is -0.499. The maximum Gasteiger partial charge on any atom is 0.324 e. The molecule has 1 N–H and O–H groups in total. The van der Waals surface area contributed by atoms with E-state index in [1.54, 1.807) is 17.0 Å². The van der Waals surface area contributed by atoms with Crippen molar-refractivity contribution in [3.8, 4) is 0 Å². The minimum Gasteiger partial charge on any atom is -0.334 e.